The van der Waals surface area contributed by atoms with Gasteiger partial charge >= 0.3 is 5.97 Å². The van der Waals surface area contributed by atoms with Crippen LogP contribution in [0, 0.1) is 0 Å². The zero-order valence-corrected chi connectivity index (χ0v) is 17.7. The molecule has 1 atom stereocenters. The number of ketones is 1. The Labute approximate surface area is 179 Å². The average Bonchev–Trinajstić information content (AvgIpc) is 2.75. The van der Waals surface area contributed by atoms with Crippen molar-refractivity contribution in [2.24, 2.45) is 0 Å². The number of carbonyl (C=O) groups is 2. The van der Waals surface area contributed by atoms with Crippen molar-refractivity contribution in [3.8, 4) is 0 Å². The zero-order valence-electron chi connectivity index (χ0n) is 16.1. The standard InChI is InChI=1S/C24H22BrNO3/c1-2-29-24(28)19-10-14-21(15-11-19)26-22(17-8-12-20(25)13-9-17)16-23(27)18-6-4-3-5-7-18/h3-15,22,26H,2,16H2,1H3/t22-/m0/s1. The molecule has 0 aliphatic heterocycles. The summed E-state index contributed by atoms with van der Waals surface area (Å²) in [6, 6.07) is 24.1. The highest BCUT2D eigenvalue weighted by atomic mass is 79.9. The highest BCUT2D eigenvalue weighted by Gasteiger charge is 2.18. The number of esters is 1. The Morgan fingerprint density at radius 2 is 1.55 bits per heavy atom. The molecule has 5 heteroatoms. The van der Waals surface area contributed by atoms with Crippen LogP contribution in [0.15, 0.2) is 83.3 Å². The van der Waals surface area contributed by atoms with Crippen LogP contribution in [0.3, 0.4) is 0 Å². The number of benzene rings is 3. The fourth-order valence-corrected chi connectivity index (χ4v) is 3.26. The van der Waals surface area contributed by atoms with Crippen LogP contribution in [0.5, 0.6) is 0 Å². The molecule has 3 aromatic rings. The fraction of sp³-hybridized carbons (Fsp3) is 0.167. The van der Waals surface area contributed by atoms with E-state index in [-0.39, 0.29) is 17.8 Å². The second-order valence-electron chi connectivity index (χ2n) is 6.54. The molecule has 0 aliphatic rings. The number of rotatable bonds is 8. The van der Waals surface area contributed by atoms with Crippen LogP contribution in [0.2, 0.25) is 0 Å². The molecule has 0 spiro atoms. The average molecular weight is 452 g/mol. The van der Waals surface area contributed by atoms with Gasteiger partial charge in [-0.15, -0.1) is 0 Å². The van der Waals surface area contributed by atoms with E-state index in [2.05, 4.69) is 21.2 Å². The molecule has 29 heavy (non-hydrogen) atoms. The second kappa shape index (κ2) is 10.0. The highest BCUT2D eigenvalue weighted by Crippen LogP contribution is 2.26. The highest BCUT2D eigenvalue weighted by molar-refractivity contribution is 9.10. The summed E-state index contributed by atoms with van der Waals surface area (Å²) in [5.74, 6) is -0.281. The molecule has 0 amide bonds. The lowest BCUT2D eigenvalue weighted by molar-refractivity contribution is 0.0526. The number of hydrogen-bond donors (Lipinski definition) is 1. The minimum Gasteiger partial charge on any atom is -0.462 e. The van der Waals surface area contributed by atoms with Crippen molar-refractivity contribution in [3.63, 3.8) is 0 Å². The normalized spacial score (nSPS) is 11.5. The number of anilines is 1. The minimum absolute atomic E-state index is 0.0640. The third kappa shape index (κ3) is 5.78. The summed E-state index contributed by atoms with van der Waals surface area (Å²) >= 11 is 3.45. The molecule has 148 valence electrons. The number of carbonyl (C=O) groups excluding carboxylic acids is 2. The number of Topliss-reactive ketones (excluding diaryl/α,β-unsaturated/α-hetero) is 1. The van der Waals surface area contributed by atoms with Crippen molar-refractivity contribution < 1.29 is 14.3 Å². The summed E-state index contributed by atoms with van der Waals surface area (Å²) in [6.45, 7) is 2.12. The van der Waals surface area contributed by atoms with Crippen molar-refractivity contribution in [2.45, 2.75) is 19.4 Å². The molecule has 3 aromatic carbocycles. The van der Waals surface area contributed by atoms with Gasteiger partial charge < -0.3 is 10.1 Å². The van der Waals surface area contributed by atoms with Crippen molar-refractivity contribution in [3.05, 3.63) is 100 Å². The Morgan fingerprint density at radius 3 is 2.17 bits per heavy atom. The van der Waals surface area contributed by atoms with E-state index in [9.17, 15) is 9.59 Å². The SMILES string of the molecule is CCOC(=O)c1ccc(N[C@@H](CC(=O)c2ccccc2)c2ccc(Br)cc2)cc1. The molecule has 0 saturated heterocycles. The number of hydrogen-bond acceptors (Lipinski definition) is 4. The van der Waals surface area contributed by atoms with Crippen LogP contribution >= 0.6 is 15.9 Å². The van der Waals surface area contributed by atoms with Crippen LogP contribution in [0.1, 0.15) is 45.7 Å². The minimum atomic E-state index is -0.345. The first-order valence-corrected chi connectivity index (χ1v) is 10.2. The third-order valence-corrected chi connectivity index (χ3v) is 5.02. The molecule has 3 rings (SSSR count). The molecular formula is C24H22BrNO3. The first kappa shape index (κ1) is 20.8. The van der Waals surface area contributed by atoms with Crippen molar-refractivity contribution >= 4 is 33.4 Å². The van der Waals surface area contributed by atoms with Gasteiger partial charge in [0, 0.05) is 22.1 Å². The summed E-state index contributed by atoms with van der Waals surface area (Å²) in [5, 5.41) is 3.43. The topological polar surface area (TPSA) is 55.4 Å². The van der Waals surface area contributed by atoms with Crippen LogP contribution in [-0.2, 0) is 4.74 Å². The summed E-state index contributed by atoms with van der Waals surface area (Å²) in [7, 11) is 0. The van der Waals surface area contributed by atoms with Gasteiger partial charge in [0.25, 0.3) is 0 Å². The summed E-state index contributed by atoms with van der Waals surface area (Å²) < 4.78 is 6.00. The Morgan fingerprint density at radius 1 is 0.897 bits per heavy atom. The molecule has 0 fully saturated rings. The molecule has 0 saturated carbocycles. The van der Waals surface area contributed by atoms with Crippen LogP contribution in [0.25, 0.3) is 0 Å². The number of ether oxygens (including phenoxy) is 1. The second-order valence-corrected chi connectivity index (χ2v) is 7.46. The van der Waals surface area contributed by atoms with E-state index in [1.54, 1.807) is 19.1 Å². The first-order chi connectivity index (χ1) is 14.1. The van der Waals surface area contributed by atoms with Gasteiger partial charge in [0.05, 0.1) is 18.2 Å². The van der Waals surface area contributed by atoms with Crippen LogP contribution < -0.4 is 5.32 Å². The monoisotopic (exact) mass is 451 g/mol. The Bertz CT molecular complexity index is 954. The lowest BCUT2D eigenvalue weighted by Crippen LogP contribution is -2.16. The molecule has 0 aromatic heterocycles. The maximum absolute atomic E-state index is 12.8. The summed E-state index contributed by atoms with van der Waals surface area (Å²) in [6.07, 6.45) is 0.311. The molecule has 0 radical (unpaired) electrons. The first-order valence-electron chi connectivity index (χ1n) is 9.44. The third-order valence-electron chi connectivity index (χ3n) is 4.49. The zero-order chi connectivity index (χ0) is 20.6. The predicted octanol–water partition coefficient (Wildman–Crippen LogP) is 6.05. The Hall–Kier alpha value is -2.92. The van der Waals surface area contributed by atoms with E-state index in [1.807, 2.05) is 66.7 Å². The largest absolute Gasteiger partial charge is 0.462 e. The van der Waals surface area contributed by atoms with Gasteiger partial charge in [0.1, 0.15) is 0 Å². The van der Waals surface area contributed by atoms with E-state index in [4.69, 9.17) is 4.74 Å². The van der Waals surface area contributed by atoms with Gasteiger partial charge in [-0.3, -0.25) is 4.79 Å². The van der Waals surface area contributed by atoms with E-state index in [0.29, 0.717) is 24.2 Å². The van der Waals surface area contributed by atoms with Crippen molar-refractivity contribution in [1.29, 1.82) is 0 Å². The van der Waals surface area contributed by atoms with E-state index >= 15 is 0 Å². The molecular weight excluding hydrogens is 430 g/mol. The van der Waals surface area contributed by atoms with Gasteiger partial charge in [0.2, 0.25) is 0 Å². The maximum atomic E-state index is 12.8. The summed E-state index contributed by atoms with van der Waals surface area (Å²) in [4.78, 5) is 24.6. The van der Waals surface area contributed by atoms with E-state index < -0.39 is 0 Å². The molecule has 4 nitrogen and oxygen atoms in total. The maximum Gasteiger partial charge on any atom is 0.338 e. The Kier molecular flexibility index (Phi) is 7.19. The lowest BCUT2D eigenvalue weighted by atomic mass is 9.97. The molecule has 0 heterocycles. The van der Waals surface area contributed by atoms with E-state index in [1.165, 1.54) is 0 Å². The van der Waals surface area contributed by atoms with Gasteiger partial charge in [-0.05, 0) is 48.9 Å². The Balaban J connectivity index is 1.80. The summed E-state index contributed by atoms with van der Waals surface area (Å²) in [5.41, 5.74) is 3.02. The van der Waals surface area contributed by atoms with Crippen molar-refractivity contribution in [2.75, 3.05) is 11.9 Å². The molecule has 0 bridgehead atoms. The van der Waals surface area contributed by atoms with E-state index in [0.717, 1.165) is 15.7 Å². The smallest absolute Gasteiger partial charge is 0.338 e. The molecule has 1 N–H and O–H groups in total. The van der Waals surface area contributed by atoms with Crippen LogP contribution in [-0.4, -0.2) is 18.4 Å². The number of halogens is 1. The predicted molar refractivity (Wildman–Crippen MR) is 118 cm³/mol. The quantitative estimate of drug-likeness (QED) is 0.334. The van der Waals surface area contributed by atoms with Gasteiger partial charge in [-0.1, -0.05) is 58.4 Å². The molecule has 0 aliphatic carbocycles. The van der Waals surface area contributed by atoms with Gasteiger partial charge in [-0.25, -0.2) is 4.79 Å². The molecule has 0 unspecified atom stereocenters. The number of nitrogens with one attached hydrogen (secondary N) is 1. The van der Waals surface area contributed by atoms with Gasteiger partial charge in [-0.2, -0.15) is 0 Å². The van der Waals surface area contributed by atoms with Gasteiger partial charge in [0.15, 0.2) is 5.78 Å². The fourth-order valence-electron chi connectivity index (χ4n) is 2.99. The van der Waals surface area contributed by atoms with Crippen LogP contribution in [0.4, 0.5) is 5.69 Å². The lowest BCUT2D eigenvalue weighted by Gasteiger charge is -2.20. The van der Waals surface area contributed by atoms with Crippen molar-refractivity contribution in [1.82, 2.24) is 0 Å².